The Morgan fingerprint density at radius 2 is 2.07 bits per heavy atom. The summed E-state index contributed by atoms with van der Waals surface area (Å²) in [5.41, 5.74) is 1.78. The first-order valence-corrected chi connectivity index (χ1v) is 10.6. The zero-order valence-corrected chi connectivity index (χ0v) is 17.1. The first-order chi connectivity index (χ1) is 14.1. The molecule has 1 fully saturated rings. The number of ether oxygens (including phenoxy) is 1. The zero-order chi connectivity index (χ0) is 20.2. The lowest BCUT2D eigenvalue weighted by Gasteiger charge is -2.23. The Kier molecular flexibility index (Phi) is 5.76. The molecule has 0 saturated carbocycles. The fraction of sp³-hybridized carbons (Fsp3) is 0.318. The molecule has 1 aliphatic heterocycles. The fourth-order valence-electron chi connectivity index (χ4n) is 3.61. The Labute approximate surface area is 173 Å². The van der Waals surface area contributed by atoms with Crippen molar-refractivity contribution >= 4 is 38.5 Å². The largest absolute Gasteiger partial charge is 0.494 e. The maximum atomic E-state index is 12.9. The normalized spacial score (nSPS) is 16.2. The molecule has 0 radical (unpaired) electrons. The summed E-state index contributed by atoms with van der Waals surface area (Å²) >= 11 is 1.41. The van der Waals surface area contributed by atoms with E-state index in [1.54, 1.807) is 4.90 Å². The molecule has 2 aromatic carbocycles. The number of anilines is 1. The highest BCUT2D eigenvalue weighted by atomic mass is 32.1. The van der Waals surface area contributed by atoms with Gasteiger partial charge in [-0.1, -0.05) is 41.7 Å². The van der Waals surface area contributed by atoms with E-state index >= 15 is 0 Å². The van der Waals surface area contributed by atoms with Crippen molar-refractivity contribution in [1.82, 2.24) is 9.88 Å². The van der Waals surface area contributed by atoms with Gasteiger partial charge in [0.05, 0.1) is 23.2 Å². The van der Waals surface area contributed by atoms with Gasteiger partial charge in [-0.05, 0) is 43.5 Å². The van der Waals surface area contributed by atoms with E-state index in [4.69, 9.17) is 4.74 Å². The number of carbonyl (C=O) groups excluding carboxylic acids is 2. The highest BCUT2D eigenvalue weighted by Crippen LogP contribution is 2.30. The molecular formula is C22H23N3O3S. The Morgan fingerprint density at radius 3 is 2.86 bits per heavy atom. The van der Waals surface area contributed by atoms with Gasteiger partial charge >= 0.3 is 0 Å². The van der Waals surface area contributed by atoms with Crippen LogP contribution in [0.3, 0.4) is 0 Å². The molecule has 1 saturated heterocycles. The number of thiazole rings is 1. The van der Waals surface area contributed by atoms with E-state index in [0.717, 1.165) is 28.0 Å². The van der Waals surface area contributed by atoms with Crippen LogP contribution in [0.1, 0.15) is 25.3 Å². The summed E-state index contributed by atoms with van der Waals surface area (Å²) in [6.07, 6.45) is 1.81. The predicted octanol–water partition coefficient (Wildman–Crippen LogP) is 3.87. The topological polar surface area (TPSA) is 71.5 Å². The third kappa shape index (κ3) is 4.40. The Hall–Kier alpha value is -2.93. The molecule has 4 rings (SSSR count). The van der Waals surface area contributed by atoms with E-state index in [1.165, 1.54) is 11.3 Å². The van der Waals surface area contributed by atoms with Gasteiger partial charge in [-0.15, -0.1) is 0 Å². The summed E-state index contributed by atoms with van der Waals surface area (Å²) in [6.45, 7) is 3.15. The monoisotopic (exact) mass is 409 g/mol. The van der Waals surface area contributed by atoms with E-state index < -0.39 is 6.04 Å². The molecule has 0 bridgehead atoms. The molecule has 1 N–H and O–H groups in total. The molecule has 0 spiro atoms. The van der Waals surface area contributed by atoms with Gasteiger partial charge in [0.25, 0.3) is 0 Å². The lowest BCUT2D eigenvalue weighted by Crippen LogP contribution is -2.43. The third-order valence-electron chi connectivity index (χ3n) is 4.98. The molecule has 150 valence electrons. The SMILES string of the molecule is CCOc1ccc2nc(NC(=O)C3CCCN3C(=O)Cc3ccccc3)sc2c1. The lowest BCUT2D eigenvalue weighted by molar-refractivity contribution is -0.136. The van der Waals surface area contributed by atoms with E-state index in [-0.39, 0.29) is 11.8 Å². The maximum Gasteiger partial charge on any atom is 0.248 e. The van der Waals surface area contributed by atoms with Crippen LogP contribution in [0.4, 0.5) is 5.13 Å². The van der Waals surface area contributed by atoms with Crippen molar-refractivity contribution in [2.45, 2.75) is 32.2 Å². The van der Waals surface area contributed by atoms with Gasteiger partial charge in [0, 0.05) is 6.54 Å². The number of likely N-dealkylation sites (tertiary alicyclic amines) is 1. The van der Waals surface area contributed by atoms with Gasteiger partial charge in [-0.3, -0.25) is 9.59 Å². The van der Waals surface area contributed by atoms with E-state index in [9.17, 15) is 9.59 Å². The Morgan fingerprint density at radius 1 is 1.24 bits per heavy atom. The minimum atomic E-state index is -0.447. The molecule has 2 heterocycles. The number of fused-ring (bicyclic) bond motifs is 1. The number of nitrogens with zero attached hydrogens (tertiary/aromatic N) is 2. The number of nitrogens with one attached hydrogen (secondary N) is 1. The van der Waals surface area contributed by atoms with Crippen molar-refractivity contribution in [1.29, 1.82) is 0 Å². The van der Waals surface area contributed by atoms with Crippen molar-refractivity contribution in [2.75, 3.05) is 18.5 Å². The van der Waals surface area contributed by atoms with Gasteiger partial charge in [0.15, 0.2) is 5.13 Å². The average molecular weight is 410 g/mol. The summed E-state index contributed by atoms with van der Waals surface area (Å²) in [6, 6.07) is 14.9. The average Bonchev–Trinajstić information content (AvgIpc) is 3.35. The first kappa shape index (κ1) is 19.4. The molecule has 1 aromatic heterocycles. The van der Waals surface area contributed by atoms with Crippen molar-refractivity contribution in [3.63, 3.8) is 0 Å². The smallest absolute Gasteiger partial charge is 0.248 e. The molecule has 6 nitrogen and oxygen atoms in total. The van der Waals surface area contributed by atoms with Crippen molar-refractivity contribution in [3.05, 3.63) is 54.1 Å². The minimum absolute atomic E-state index is 0.0143. The molecule has 1 atom stereocenters. The van der Waals surface area contributed by atoms with Crippen LogP contribution in [0.2, 0.25) is 0 Å². The number of amides is 2. The van der Waals surface area contributed by atoms with Crippen LogP contribution < -0.4 is 10.1 Å². The van der Waals surface area contributed by atoms with E-state index in [0.29, 0.717) is 31.1 Å². The number of hydrogen-bond acceptors (Lipinski definition) is 5. The Balaban J connectivity index is 1.44. The number of rotatable bonds is 6. The highest BCUT2D eigenvalue weighted by molar-refractivity contribution is 7.22. The van der Waals surface area contributed by atoms with Gasteiger partial charge in [-0.25, -0.2) is 4.98 Å². The molecular weight excluding hydrogens is 386 g/mol. The molecule has 1 aliphatic rings. The summed E-state index contributed by atoms with van der Waals surface area (Å²) in [5.74, 6) is 0.600. The minimum Gasteiger partial charge on any atom is -0.494 e. The van der Waals surface area contributed by atoms with Crippen LogP contribution in [0.15, 0.2) is 48.5 Å². The summed E-state index contributed by atoms with van der Waals surface area (Å²) in [4.78, 5) is 31.8. The van der Waals surface area contributed by atoms with Gasteiger partial charge in [-0.2, -0.15) is 0 Å². The summed E-state index contributed by atoms with van der Waals surface area (Å²) in [7, 11) is 0. The lowest BCUT2D eigenvalue weighted by atomic mass is 10.1. The van der Waals surface area contributed by atoms with Gasteiger partial charge < -0.3 is 15.0 Å². The van der Waals surface area contributed by atoms with Crippen LogP contribution in [-0.2, 0) is 16.0 Å². The number of benzene rings is 2. The standard InChI is InChI=1S/C22H23N3O3S/c1-2-28-16-10-11-17-19(14-16)29-22(23-17)24-21(27)18-9-6-12-25(18)20(26)13-15-7-4-3-5-8-15/h3-5,7-8,10-11,14,18H,2,6,9,12-13H2,1H3,(H,23,24,27). The number of hydrogen-bond donors (Lipinski definition) is 1. The first-order valence-electron chi connectivity index (χ1n) is 9.81. The van der Waals surface area contributed by atoms with Crippen LogP contribution in [-0.4, -0.2) is 40.9 Å². The fourth-order valence-corrected chi connectivity index (χ4v) is 4.51. The van der Waals surface area contributed by atoms with Gasteiger partial charge in [0.1, 0.15) is 11.8 Å². The quantitative estimate of drug-likeness (QED) is 0.671. The number of aromatic nitrogens is 1. The molecule has 7 heteroatoms. The summed E-state index contributed by atoms with van der Waals surface area (Å²) < 4.78 is 6.48. The van der Waals surface area contributed by atoms with Crippen molar-refractivity contribution < 1.29 is 14.3 Å². The maximum absolute atomic E-state index is 12.9. The molecule has 3 aromatic rings. The van der Waals surface area contributed by atoms with Crippen molar-refractivity contribution in [2.24, 2.45) is 0 Å². The van der Waals surface area contributed by atoms with E-state index in [1.807, 2.05) is 55.5 Å². The van der Waals surface area contributed by atoms with E-state index in [2.05, 4.69) is 10.3 Å². The third-order valence-corrected chi connectivity index (χ3v) is 5.91. The highest BCUT2D eigenvalue weighted by Gasteiger charge is 2.34. The van der Waals surface area contributed by atoms with Crippen LogP contribution >= 0.6 is 11.3 Å². The van der Waals surface area contributed by atoms with Crippen LogP contribution in [0, 0.1) is 0 Å². The zero-order valence-electron chi connectivity index (χ0n) is 16.3. The molecule has 29 heavy (non-hydrogen) atoms. The molecule has 0 aliphatic carbocycles. The summed E-state index contributed by atoms with van der Waals surface area (Å²) in [5, 5.41) is 3.45. The second kappa shape index (κ2) is 8.61. The molecule has 1 unspecified atom stereocenters. The van der Waals surface area contributed by atoms with Crippen molar-refractivity contribution in [3.8, 4) is 5.75 Å². The number of carbonyl (C=O) groups is 2. The molecule has 2 amide bonds. The predicted molar refractivity (Wildman–Crippen MR) is 114 cm³/mol. The van der Waals surface area contributed by atoms with Gasteiger partial charge in [0.2, 0.25) is 11.8 Å². The second-order valence-corrected chi connectivity index (χ2v) is 8.01. The van der Waals surface area contributed by atoms with Crippen LogP contribution in [0.5, 0.6) is 5.75 Å². The van der Waals surface area contributed by atoms with Crippen LogP contribution in [0.25, 0.3) is 10.2 Å². The Bertz CT molecular complexity index is 1020. The second-order valence-electron chi connectivity index (χ2n) is 6.98.